The first-order valence-electron chi connectivity index (χ1n) is 11.0. The van der Waals surface area contributed by atoms with Crippen molar-refractivity contribution in [2.75, 3.05) is 25.7 Å². The number of anilines is 1. The topological polar surface area (TPSA) is 67.9 Å². The Balaban J connectivity index is 1.35. The van der Waals surface area contributed by atoms with Crippen molar-refractivity contribution in [3.05, 3.63) is 89.0 Å². The van der Waals surface area contributed by atoms with Gasteiger partial charge in [0.15, 0.2) is 0 Å². The van der Waals surface area contributed by atoms with Crippen LogP contribution in [0, 0.1) is 0 Å². The fourth-order valence-electron chi connectivity index (χ4n) is 3.97. The average molecular weight is 445 g/mol. The Hall–Kier alpha value is -3.80. The molecule has 6 heteroatoms. The van der Waals surface area contributed by atoms with E-state index in [1.807, 2.05) is 41.3 Å². The van der Waals surface area contributed by atoms with Crippen LogP contribution < -0.4 is 19.7 Å². The molecule has 0 spiro atoms. The van der Waals surface area contributed by atoms with Gasteiger partial charge in [-0.25, -0.2) is 0 Å². The number of hydrogen-bond acceptors (Lipinski definition) is 4. The number of ether oxygens (including phenoxy) is 2. The fraction of sp³-hybridized carbons (Fsp3) is 0.259. The van der Waals surface area contributed by atoms with Crippen LogP contribution >= 0.6 is 0 Å². The van der Waals surface area contributed by atoms with E-state index >= 15 is 0 Å². The van der Waals surface area contributed by atoms with Crippen LogP contribution in [0.4, 0.5) is 5.69 Å². The van der Waals surface area contributed by atoms with Gasteiger partial charge in [-0.3, -0.25) is 9.59 Å². The average Bonchev–Trinajstić information content (AvgIpc) is 3.29. The van der Waals surface area contributed by atoms with Crippen LogP contribution in [0.1, 0.15) is 33.5 Å². The highest BCUT2D eigenvalue weighted by Crippen LogP contribution is 2.30. The number of carbonyl (C=O) groups excluding carboxylic acids is 2. The maximum atomic E-state index is 13.1. The molecule has 0 bridgehead atoms. The third-order valence-corrected chi connectivity index (χ3v) is 5.92. The van der Waals surface area contributed by atoms with Crippen LogP contribution in [0.3, 0.4) is 0 Å². The normalized spacial score (nSPS) is 12.2. The number of aryl methyl sites for hydroxylation is 1. The molecule has 1 heterocycles. The monoisotopic (exact) mass is 444 g/mol. The number of nitrogens with one attached hydrogen (secondary N) is 1. The Morgan fingerprint density at radius 2 is 1.52 bits per heavy atom. The molecule has 0 radical (unpaired) electrons. The Bertz CT molecular complexity index is 1120. The van der Waals surface area contributed by atoms with E-state index in [-0.39, 0.29) is 11.8 Å². The predicted octanol–water partition coefficient (Wildman–Crippen LogP) is 4.16. The van der Waals surface area contributed by atoms with Crippen molar-refractivity contribution < 1.29 is 19.1 Å². The summed E-state index contributed by atoms with van der Waals surface area (Å²) in [6.45, 7) is 1.08. The second-order valence-corrected chi connectivity index (χ2v) is 8.02. The second kappa shape index (κ2) is 10.2. The lowest BCUT2D eigenvalue weighted by Gasteiger charge is -2.18. The third-order valence-electron chi connectivity index (χ3n) is 5.92. The maximum absolute atomic E-state index is 13.1. The van der Waals surface area contributed by atoms with E-state index in [2.05, 4.69) is 11.4 Å². The highest BCUT2D eigenvalue weighted by atomic mass is 16.5. The molecule has 6 nitrogen and oxygen atoms in total. The van der Waals surface area contributed by atoms with E-state index in [1.165, 1.54) is 0 Å². The van der Waals surface area contributed by atoms with Gasteiger partial charge >= 0.3 is 0 Å². The van der Waals surface area contributed by atoms with E-state index in [1.54, 1.807) is 38.5 Å². The molecule has 0 saturated carbocycles. The summed E-state index contributed by atoms with van der Waals surface area (Å²) in [6, 6.07) is 21.0. The van der Waals surface area contributed by atoms with Gasteiger partial charge in [0.05, 0.1) is 14.2 Å². The molecule has 0 unspecified atom stereocenters. The SMILES string of the molecule is COc1ccc(CCC(=O)NCc2ccc3c(c2)N(C(=O)c2ccc(OC)cc2)CC3)cc1. The van der Waals surface area contributed by atoms with Gasteiger partial charge < -0.3 is 19.7 Å². The van der Waals surface area contributed by atoms with Crippen molar-refractivity contribution in [3.63, 3.8) is 0 Å². The molecule has 33 heavy (non-hydrogen) atoms. The molecule has 1 aliphatic rings. The van der Waals surface area contributed by atoms with Crippen molar-refractivity contribution in [1.29, 1.82) is 0 Å². The van der Waals surface area contributed by atoms with Gasteiger partial charge in [0.25, 0.3) is 5.91 Å². The molecule has 1 N–H and O–H groups in total. The molecule has 4 rings (SSSR count). The summed E-state index contributed by atoms with van der Waals surface area (Å²) in [7, 11) is 3.24. The quantitative estimate of drug-likeness (QED) is 0.567. The molecule has 0 atom stereocenters. The number of carbonyl (C=O) groups is 2. The Labute approximate surface area is 194 Å². The number of benzene rings is 3. The number of methoxy groups -OCH3 is 2. The van der Waals surface area contributed by atoms with Crippen molar-refractivity contribution in [3.8, 4) is 11.5 Å². The van der Waals surface area contributed by atoms with Crippen LogP contribution in [0.15, 0.2) is 66.7 Å². The number of amides is 2. The maximum Gasteiger partial charge on any atom is 0.258 e. The van der Waals surface area contributed by atoms with E-state index in [4.69, 9.17) is 9.47 Å². The van der Waals surface area contributed by atoms with Gasteiger partial charge in [-0.1, -0.05) is 24.3 Å². The zero-order valence-corrected chi connectivity index (χ0v) is 19.0. The van der Waals surface area contributed by atoms with Crippen LogP contribution in [0.25, 0.3) is 0 Å². The van der Waals surface area contributed by atoms with E-state index in [0.29, 0.717) is 31.5 Å². The summed E-state index contributed by atoms with van der Waals surface area (Å²) in [5.41, 5.74) is 4.75. The Morgan fingerprint density at radius 1 is 0.879 bits per heavy atom. The zero-order valence-electron chi connectivity index (χ0n) is 19.0. The molecule has 0 fully saturated rings. The molecule has 3 aromatic carbocycles. The van der Waals surface area contributed by atoms with Crippen LogP contribution in [0.5, 0.6) is 11.5 Å². The van der Waals surface area contributed by atoms with E-state index in [9.17, 15) is 9.59 Å². The van der Waals surface area contributed by atoms with Gasteiger partial charge in [-0.2, -0.15) is 0 Å². The summed E-state index contributed by atoms with van der Waals surface area (Å²) in [5, 5.41) is 2.99. The van der Waals surface area contributed by atoms with Gasteiger partial charge in [0.1, 0.15) is 11.5 Å². The highest BCUT2D eigenvalue weighted by molar-refractivity contribution is 6.07. The number of fused-ring (bicyclic) bond motifs is 1. The van der Waals surface area contributed by atoms with E-state index in [0.717, 1.165) is 40.3 Å². The number of hydrogen-bond donors (Lipinski definition) is 1. The first kappa shape index (κ1) is 22.4. The van der Waals surface area contributed by atoms with Crippen LogP contribution in [-0.2, 0) is 24.2 Å². The smallest absolute Gasteiger partial charge is 0.258 e. The highest BCUT2D eigenvalue weighted by Gasteiger charge is 2.25. The van der Waals surface area contributed by atoms with Gasteiger partial charge in [-0.15, -0.1) is 0 Å². The molecule has 0 aliphatic carbocycles. The molecule has 0 aromatic heterocycles. The summed E-state index contributed by atoms with van der Waals surface area (Å²) >= 11 is 0. The van der Waals surface area contributed by atoms with Crippen molar-refractivity contribution >= 4 is 17.5 Å². The Kier molecular flexibility index (Phi) is 6.93. The van der Waals surface area contributed by atoms with Gasteiger partial charge in [0, 0.05) is 30.8 Å². The van der Waals surface area contributed by atoms with Crippen molar-refractivity contribution in [1.82, 2.24) is 5.32 Å². The molecule has 170 valence electrons. The van der Waals surface area contributed by atoms with Crippen LogP contribution in [-0.4, -0.2) is 32.6 Å². The number of rotatable bonds is 8. The standard InChI is InChI=1S/C27H28N2O4/c1-32-23-10-4-19(5-11-23)6-14-26(30)28-18-20-3-7-21-15-16-29(25(21)17-20)27(31)22-8-12-24(33-2)13-9-22/h3-5,7-13,17H,6,14-16,18H2,1-2H3,(H,28,30). The second-order valence-electron chi connectivity index (χ2n) is 8.02. The van der Waals surface area contributed by atoms with Crippen molar-refractivity contribution in [2.24, 2.45) is 0 Å². The molecule has 0 saturated heterocycles. The van der Waals surface area contributed by atoms with E-state index < -0.39 is 0 Å². The first-order valence-corrected chi connectivity index (χ1v) is 11.0. The zero-order chi connectivity index (χ0) is 23.2. The van der Waals surface area contributed by atoms with Crippen molar-refractivity contribution in [2.45, 2.75) is 25.8 Å². The minimum absolute atomic E-state index is 0.00233. The summed E-state index contributed by atoms with van der Waals surface area (Å²) in [6.07, 6.45) is 1.91. The molecule has 1 aliphatic heterocycles. The summed E-state index contributed by atoms with van der Waals surface area (Å²) < 4.78 is 10.3. The molecular weight excluding hydrogens is 416 g/mol. The molecule has 2 amide bonds. The fourth-order valence-corrected chi connectivity index (χ4v) is 3.97. The van der Waals surface area contributed by atoms with Crippen LogP contribution in [0.2, 0.25) is 0 Å². The summed E-state index contributed by atoms with van der Waals surface area (Å²) in [5.74, 6) is 1.49. The number of nitrogens with zero attached hydrogens (tertiary/aromatic N) is 1. The minimum atomic E-state index is -0.0305. The lowest BCUT2D eigenvalue weighted by molar-refractivity contribution is -0.121. The first-order chi connectivity index (χ1) is 16.1. The lowest BCUT2D eigenvalue weighted by Crippen LogP contribution is -2.29. The van der Waals surface area contributed by atoms with Gasteiger partial charge in [-0.05, 0) is 72.0 Å². The third kappa shape index (κ3) is 5.34. The minimum Gasteiger partial charge on any atom is -0.497 e. The largest absolute Gasteiger partial charge is 0.497 e. The molecular formula is C27H28N2O4. The summed E-state index contributed by atoms with van der Waals surface area (Å²) in [4.78, 5) is 27.2. The molecule has 3 aromatic rings. The lowest BCUT2D eigenvalue weighted by atomic mass is 10.1. The Morgan fingerprint density at radius 3 is 2.18 bits per heavy atom. The van der Waals surface area contributed by atoms with Gasteiger partial charge in [0.2, 0.25) is 5.91 Å². The predicted molar refractivity (Wildman–Crippen MR) is 128 cm³/mol.